The molecule has 1 aliphatic rings. The predicted molar refractivity (Wildman–Crippen MR) is 89.2 cm³/mol. The van der Waals surface area contributed by atoms with Gasteiger partial charge in [0.1, 0.15) is 5.75 Å². The second kappa shape index (κ2) is 9.70. The van der Waals surface area contributed by atoms with Gasteiger partial charge in [0.15, 0.2) is 0 Å². The smallest absolute Gasteiger partial charge is 0.119 e. The van der Waals surface area contributed by atoms with E-state index in [2.05, 4.69) is 6.92 Å². The predicted octanol–water partition coefficient (Wildman–Crippen LogP) is 3.79. The summed E-state index contributed by atoms with van der Waals surface area (Å²) in [5.41, 5.74) is 6.45. The van der Waals surface area contributed by atoms with Gasteiger partial charge in [0.2, 0.25) is 0 Å². The van der Waals surface area contributed by atoms with Gasteiger partial charge in [-0.25, -0.2) is 0 Å². The molecule has 0 atom stereocenters. The first-order valence-corrected chi connectivity index (χ1v) is 8.49. The minimum atomic E-state index is 0.296. The van der Waals surface area contributed by atoms with Gasteiger partial charge in [0, 0.05) is 12.3 Å². The maximum Gasteiger partial charge on any atom is 0.119 e. The zero-order valence-electron chi connectivity index (χ0n) is 13.6. The van der Waals surface area contributed by atoms with Crippen LogP contribution in [0.25, 0.3) is 0 Å². The average Bonchev–Trinajstić information content (AvgIpc) is 2.54. The Balaban J connectivity index is 1.56. The quantitative estimate of drug-likeness (QED) is 0.557. The monoisotopic (exact) mass is 307 g/mol. The third kappa shape index (κ3) is 6.24. The van der Waals surface area contributed by atoms with Crippen molar-refractivity contribution in [2.45, 2.75) is 57.7 Å². The molecule has 1 aromatic rings. The molecule has 4 nitrogen and oxygen atoms in total. The first-order valence-electron chi connectivity index (χ1n) is 8.49. The van der Waals surface area contributed by atoms with Gasteiger partial charge < -0.3 is 19.9 Å². The van der Waals surface area contributed by atoms with Crippen LogP contribution in [-0.4, -0.2) is 32.0 Å². The van der Waals surface area contributed by atoms with E-state index in [-0.39, 0.29) is 0 Å². The lowest BCUT2D eigenvalue weighted by molar-refractivity contribution is -0.0250. The minimum Gasteiger partial charge on any atom is -0.490 e. The van der Waals surface area contributed by atoms with Crippen molar-refractivity contribution in [3.63, 3.8) is 0 Å². The van der Waals surface area contributed by atoms with E-state index >= 15 is 0 Å². The highest BCUT2D eigenvalue weighted by Crippen LogP contribution is 2.25. The van der Waals surface area contributed by atoms with Crippen molar-refractivity contribution in [2.75, 3.05) is 25.6 Å². The van der Waals surface area contributed by atoms with Crippen LogP contribution >= 0.6 is 0 Å². The summed E-state index contributed by atoms with van der Waals surface area (Å²) in [6, 6.07) is 7.63. The van der Waals surface area contributed by atoms with Crippen LogP contribution in [0.4, 0.5) is 5.69 Å². The number of hydrogen-bond acceptors (Lipinski definition) is 4. The van der Waals surface area contributed by atoms with Crippen molar-refractivity contribution in [3.8, 4) is 5.75 Å². The summed E-state index contributed by atoms with van der Waals surface area (Å²) in [6.07, 6.45) is 7.19. The molecule has 0 saturated heterocycles. The van der Waals surface area contributed by atoms with Crippen LogP contribution in [-0.2, 0) is 9.47 Å². The second-order valence-corrected chi connectivity index (χ2v) is 5.92. The maximum absolute atomic E-state index is 5.99. The Bertz CT molecular complexity index is 399. The van der Waals surface area contributed by atoms with Crippen LogP contribution in [0.15, 0.2) is 24.3 Å². The number of unbranched alkanes of at least 4 members (excludes halogenated alkanes) is 1. The summed E-state index contributed by atoms with van der Waals surface area (Å²) in [7, 11) is 0. The van der Waals surface area contributed by atoms with Crippen molar-refractivity contribution in [1.29, 1.82) is 0 Å². The Hall–Kier alpha value is -1.26. The average molecular weight is 307 g/mol. The zero-order valence-corrected chi connectivity index (χ0v) is 13.6. The summed E-state index contributed by atoms with van der Waals surface area (Å²) in [5.74, 6) is 0.905. The fourth-order valence-corrected chi connectivity index (χ4v) is 2.68. The van der Waals surface area contributed by atoms with Crippen LogP contribution in [0.3, 0.4) is 0 Å². The Labute approximate surface area is 133 Å². The summed E-state index contributed by atoms with van der Waals surface area (Å²) >= 11 is 0. The lowest BCUT2D eigenvalue weighted by Crippen LogP contribution is -2.29. The standard InChI is InChI=1S/C18H29NO3/c1-2-3-12-20-13-14-21-16-8-10-18(11-9-16)22-17-6-4-15(19)5-7-17/h4-7,16,18H,2-3,8-14,19H2,1H3. The number of ether oxygens (including phenoxy) is 3. The topological polar surface area (TPSA) is 53.7 Å². The van der Waals surface area contributed by atoms with Gasteiger partial charge in [0.05, 0.1) is 25.4 Å². The first-order chi connectivity index (χ1) is 10.8. The van der Waals surface area contributed by atoms with E-state index in [1.807, 2.05) is 24.3 Å². The van der Waals surface area contributed by atoms with Gasteiger partial charge >= 0.3 is 0 Å². The third-order valence-electron chi connectivity index (χ3n) is 4.03. The number of hydrogen-bond donors (Lipinski definition) is 1. The molecule has 2 rings (SSSR count). The number of anilines is 1. The van der Waals surface area contributed by atoms with Crippen molar-refractivity contribution in [1.82, 2.24) is 0 Å². The SMILES string of the molecule is CCCCOCCOC1CCC(Oc2ccc(N)cc2)CC1. The number of nitrogens with two attached hydrogens (primary N) is 1. The van der Waals surface area contributed by atoms with Crippen LogP contribution in [0.2, 0.25) is 0 Å². The van der Waals surface area contributed by atoms with Crippen molar-refractivity contribution >= 4 is 5.69 Å². The molecular formula is C18H29NO3. The maximum atomic E-state index is 5.99. The van der Waals surface area contributed by atoms with Crippen LogP contribution in [0, 0.1) is 0 Å². The highest BCUT2D eigenvalue weighted by molar-refractivity contribution is 5.41. The molecule has 0 amide bonds. The number of rotatable bonds is 9. The van der Waals surface area contributed by atoms with E-state index in [1.165, 1.54) is 6.42 Å². The largest absolute Gasteiger partial charge is 0.490 e. The Morgan fingerprint density at radius 2 is 1.64 bits per heavy atom. The van der Waals surface area contributed by atoms with Gasteiger partial charge in [-0.1, -0.05) is 13.3 Å². The lowest BCUT2D eigenvalue weighted by Gasteiger charge is -2.29. The van der Waals surface area contributed by atoms with E-state index in [1.54, 1.807) is 0 Å². The molecule has 4 heteroatoms. The molecule has 0 radical (unpaired) electrons. The molecule has 1 aliphatic carbocycles. The van der Waals surface area contributed by atoms with Crippen molar-refractivity contribution < 1.29 is 14.2 Å². The van der Waals surface area contributed by atoms with E-state index in [0.717, 1.165) is 50.1 Å². The summed E-state index contributed by atoms with van der Waals surface area (Å²) in [5, 5.41) is 0. The van der Waals surface area contributed by atoms with Crippen LogP contribution < -0.4 is 10.5 Å². The molecule has 0 unspecified atom stereocenters. The van der Waals surface area contributed by atoms with Crippen molar-refractivity contribution in [2.24, 2.45) is 0 Å². The Morgan fingerprint density at radius 3 is 2.32 bits per heavy atom. The van der Waals surface area contributed by atoms with Gasteiger partial charge in [-0.2, -0.15) is 0 Å². The Kier molecular flexibility index (Phi) is 7.54. The van der Waals surface area contributed by atoms with Gasteiger partial charge in [-0.3, -0.25) is 0 Å². The fourth-order valence-electron chi connectivity index (χ4n) is 2.68. The number of nitrogen functional groups attached to an aromatic ring is 1. The van der Waals surface area contributed by atoms with Gasteiger partial charge in [-0.15, -0.1) is 0 Å². The minimum absolute atomic E-state index is 0.296. The molecule has 124 valence electrons. The molecular weight excluding hydrogens is 278 g/mol. The van der Waals surface area contributed by atoms with Crippen molar-refractivity contribution in [3.05, 3.63) is 24.3 Å². The molecule has 22 heavy (non-hydrogen) atoms. The lowest BCUT2D eigenvalue weighted by atomic mass is 9.95. The molecule has 0 bridgehead atoms. The van der Waals surface area contributed by atoms with Gasteiger partial charge in [0.25, 0.3) is 0 Å². The molecule has 2 N–H and O–H groups in total. The fraction of sp³-hybridized carbons (Fsp3) is 0.667. The Morgan fingerprint density at radius 1 is 0.955 bits per heavy atom. The second-order valence-electron chi connectivity index (χ2n) is 5.92. The molecule has 0 heterocycles. The zero-order chi connectivity index (χ0) is 15.6. The summed E-state index contributed by atoms with van der Waals surface area (Å²) in [6.45, 7) is 4.44. The van der Waals surface area contributed by atoms with Crippen LogP contribution in [0.5, 0.6) is 5.75 Å². The van der Waals surface area contributed by atoms with E-state index in [4.69, 9.17) is 19.9 Å². The summed E-state index contributed by atoms with van der Waals surface area (Å²) < 4.78 is 17.4. The van der Waals surface area contributed by atoms with E-state index in [0.29, 0.717) is 25.4 Å². The molecule has 0 aliphatic heterocycles. The molecule has 1 aromatic carbocycles. The summed E-state index contributed by atoms with van der Waals surface area (Å²) in [4.78, 5) is 0. The molecule has 1 saturated carbocycles. The molecule has 0 spiro atoms. The highest BCUT2D eigenvalue weighted by atomic mass is 16.5. The van der Waals surface area contributed by atoms with E-state index in [9.17, 15) is 0 Å². The first kappa shape index (κ1) is 17.1. The van der Waals surface area contributed by atoms with Gasteiger partial charge in [-0.05, 0) is 56.4 Å². The highest BCUT2D eigenvalue weighted by Gasteiger charge is 2.22. The molecule has 1 fully saturated rings. The van der Waals surface area contributed by atoms with E-state index < -0.39 is 0 Å². The number of benzene rings is 1. The molecule has 0 aromatic heterocycles. The third-order valence-corrected chi connectivity index (χ3v) is 4.03. The normalized spacial score (nSPS) is 21.7. The van der Waals surface area contributed by atoms with Crippen LogP contribution in [0.1, 0.15) is 45.4 Å².